The number of nitrogens with one attached hydrogen (secondary N) is 1. The second-order valence-corrected chi connectivity index (χ2v) is 10.5. The van der Waals surface area contributed by atoms with Crippen LogP contribution in [0.1, 0.15) is 84.0 Å². The van der Waals surface area contributed by atoms with Gasteiger partial charge in [-0.1, -0.05) is 58.3 Å². The van der Waals surface area contributed by atoms with Crippen LogP contribution in [0.4, 0.5) is 0 Å². The predicted octanol–water partition coefficient (Wildman–Crippen LogP) is 2.45. The number of amides is 3. The molecule has 0 aromatic heterocycles. The van der Waals surface area contributed by atoms with Crippen molar-refractivity contribution in [2.24, 2.45) is 17.6 Å². The Bertz CT molecular complexity index is 655. The van der Waals surface area contributed by atoms with Crippen molar-refractivity contribution < 1.29 is 19.1 Å². The second kappa shape index (κ2) is 14.0. The number of primary amides is 1. The molecule has 0 bridgehead atoms. The van der Waals surface area contributed by atoms with Gasteiger partial charge in [-0.25, -0.2) is 0 Å². The molecule has 1 saturated heterocycles. The van der Waals surface area contributed by atoms with Gasteiger partial charge in [0.2, 0.25) is 17.7 Å². The van der Waals surface area contributed by atoms with Gasteiger partial charge in [0.15, 0.2) is 0 Å². The van der Waals surface area contributed by atoms with E-state index in [-0.39, 0.29) is 18.2 Å². The molecule has 1 unspecified atom stereocenters. The van der Waals surface area contributed by atoms with Crippen molar-refractivity contribution in [3.05, 3.63) is 0 Å². The molecule has 0 aromatic carbocycles. The van der Waals surface area contributed by atoms with E-state index in [0.717, 1.165) is 32.2 Å². The predicted molar refractivity (Wildman–Crippen MR) is 132 cm³/mol. The first kappa shape index (κ1) is 26.9. The molecule has 1 heterocycles. The second-order valence-electron chi connectivity index (χ2n) is 10.5. The van der Waals surface area contributed by atoms with Gasteiger partial charge in [-0.05, 0) is 31.7 Å². The molecule has 2 aliphatic carbocycles. The van der Waals surface area contributed by atoms with Crippen molar-refractivity contribution >= 4 is 17.7 Å². The normalized spacial score (nSPS) is 22.4. The van der Waals surface area contributed by atoms with Crippen LogP contribution >= 0.6 is 0 Å². The van der Waals surface area contributed by atoms with Crippen molar-refractivity contribution in [3.8, 4) is 0 Å². The monoisotopic (exact) mass is 478 g/mol. The Morgan fingerprint density at radius 2 is 1.62 bits per heavy atom. The number of rotatable bonds is 11. The van der Waals surface area contributed by atoms with Crippen molar-refractivity contribution in [1.29, 1.82) is 0 Å². The Balaban J connectivity index is 1.64. The molecular weight excluding hydrogens is 432 g/mol. The van der Waals surface area contributed by atoms with Crippen LogP contribution in [0.25, 0.3) is 0 Å². The van der Waals surface area contributed by atoms with E-state index in [1.807, 2.05) is 0 Å². The highest BCUT2D eigenvalue weighted by molar-refractivity contribution is 5.90. The SMILES string of the molecule is CCN(C[C@H](NC(=O)C(CC(=O)N1CCOCC1)CC1CCCCC1)C(N)=O)C1CCCCC1. The van der Waals surface area contributed by atoms with Crippen LogP contribution in [0.5, 0.6) is 0 Å². The molecule has 0 spiro atoms. The quantitative estimate of drug-likeness (QED) is 0.475. The highest BCUT2D eigenvalue weighted by Crippen LogP contribution is 2.31. The average Bonchev–Trinajstić information content (AvgIpc) is 2.87. The molecule has 3 fully saturated rings. The molecule has 34 heavy (non-hydrogen) atoms. The zero-order chi connectivity index (χ0) is 24.3. The van der Waals surface area contributed by atoms with E-state index >= 15 is 0 Å². The van der Waals surface area contributed by atoms with E-state index < -0.39 is 17.9 Å². The lowest BCUT2D eigenvalue weighted by Crippen LogP contribution is -2.54. The maximum atomic E-state index is 13.5. The van der Waals surface area contributed by atoms with Crippen molar-refractivity contribution in [1.82, 2.24) is 15.1 Å². The van der Waals surface area contributed by atoms with Crippen molar-refractivity contribution in [3.63, 3.8) is 0 Å². The first-order chi connectivity index (χ1) is 16.5. The van der Waals surface area contributed by atoms with Gasteiger partial charge in [-0.2, -0.15) is 0 Å². The number of ether oxygens (including phenoxy) is 1. The number of morpholine rings is 1. The van der Waals surface area contributed by atoms with E-state index in [0.29, 0.717) is 51.2 Å². The topological polar surface area (TPSA) is 105 Å². The number of hydrogen-bond acceptors (Lipinski definition) is 5. The minimum Gasteiger partial charge on any atom is -0.378 e. The summed E-state index contributed by atoms with van der Waals surface area (Å²) < 4.78 is 5.37. The Hall–Kier alpha value is -1.67. The largest absolute Gasteiger partial charge is 0.378 e. The molecular formula is C26H46N4O4. The Morgan fingerprint density at radius 3 is 2.21 bits per heavy atom. The van der Waals surface area contributed by atoms with Crippen molar-refractivity contribution in [2.75, 3.05) is 39.4 Å². The summed E-state index contributed by atoms with van der Waals surface area (Å²) in [7, 11) is 0. The first-order valence-electron chi connectivity index (χ1n) is 13.7. The number of nitrogens with zero attached hydrogens (tertiary/aromatic N) is 2. The maximum absolute atomic E-state index is 13.5. The van der Waals surface area contributed by atoms with Gasteiger partial charge in [0.1, 0.15) is 6.04 Å². The van der Waals surface area contributed by atoms with E-state index in [2.05, 4.69) is 17.1 Å². The van der Waals surface area contributed by atoms with E-state index in [1.54, 1.807) is 4.90 Å². The van der Waals surface area contributed by atoms with E-state index in [9.17, 15) is 14.4 Å². The molecule has 1 aliphatic heterocycles. The molecule has 0 radical (unpaired) electrons. The van der Waals surface area contributed by atoms with Crippen LogP contribution in [0.2, 0.25) is 0 Å². The summed E-state index contributed by atoms with van der Waals surface area (Å²) in [4.78, 5) is 42.9. The van der Waals surface area contributed by atoms with E-state index in [1.165, 1.54) is 38.5 Å². The summed E-state index contributed by atoms with van der Waals surface area (Å²) in [6.45, 7) is 5.61. The molecule has 2 saturated carbocycles. The van der Waals surface area contributed by atoms with E-state index in [4.69, 9.17) is 10.5 Å². The number of carbonyl (C=O) groups excluding carboxylic acids is 3. The third-order valence-electron chi connectivity index (χ3n) is 8.07. The summed E-state index contributed by atoms with van der Waals surface area (Å²) in [5.41, 5.74) is 5.75. The molecule has 0 aromatic rings. The van der Waals surface area contributed by atoms with Crippen LogP contribution < -0.4 is 11.1 Å². The number of carbonyl (C=O) groups is 3. The minimum atomic E-state index is -0.735. The Labute approximate surface area is 205 Å². The van der Waals surface area contributed by atoms with Gasteiger partial charge >= 0.3 is 0 Å². The van der Waals surface area contributed by atoms with Crippen molar-refractivity contribution in [2.45, 2.75) is 96.1 Å². The van der Waals surface area contributed by atoms with Crippen LogP contribution in [0.15, 0.2) is 0 Å². The third-order valence-corrected chi connectivity index (χ3v) is 8.07. The Kier molecular flexibility index (Phi) is 11.1. The van der Waals surface area contributed by atoms with Crippen LogP contribution in [0, 0.1) is 11.8 Å². The maximum Gasteiger partial charge on any atom is 0.241 e. The average molecular weight is 479 g/mol. The minimum absolute atomic E-state index is 0.00674. The summed E-state index contributed by atoms with van der Waals surface area (Å²) >= 11 is 0. The molecule has 8 nitrogen and oxygen atoms in total. The lowest BCUT2D eigenvalue weighted by molar-refractivity contribution is -0.140. The van der Waals surface area contributed by atoms with Crippen LogP contribution in [-0.4, -0.2) is 79.0 Å². The number of hydrogen-bond donors (Lipinski definition) is 2. The highest BCUT2D eigenvalue weighted by Gasteiger charge is 2.32. The van der Waals surface area contributed by atoms with Gasteiger partial charge in [0.25, 0.3) is 0 Å². The zero-order valence-corrected chi connectivity index (χ0v) is 21.1. The fraction of sp³-hybridized carbons (Fsp3) is 0.885. The fourth-order valence-corrected chi connectivity index (χ4v) is 5.97. The highest BCUT2D eigenvalue weighted by atomic mass is 16.5. The molecule has 194 valence electrons. The van der Waals surface area contributed by atoms with Gasteiger partial charge < -0.3 is 20.7 Å². The summed E-state index contributed by atoms with van der Waals surface area (Å²) in [5, 5.41) is 2.97. The molecule has 3 aliphatic rings. The van der Waals surface area contributed by atoms with Gasteiger partial charge in [0.05, 0.1) is 13.2 Å². The molecule has 3 rings (SSSR count). The van der Waals surface area contributed by atoms with Gasteiger partial charge in [-0.15, -0.1) is 0 Å². The Morgan fingerprint density at radius 1 is 1.00 bits per heavy atom. The van der Waals surface area contributed by atoms with Gasteiger partial charge in [0, 0.05) is 38.0 Å². The third kappa shape index (κ3) is 8.22. The number of nitrogens with two attached hydrogens (primary N) is 1. The smallest absolute Gasteiger partial charge is 0.241 e. The summed E-state index contributed by atoms with van der Waals surface area (Å²) in [5.74, 6) is -0.657. The zero-order valence-electron chi connectivity index (χ0n) is 21.1. The van der Waals surface area contributed by atoms with Crippen LogP contribution in [0.3, 0.4) is 0 Å². The number of likely N-dealkylation sites (N-methyl/N-ethyl adjacent to an activating group) is 1. The first-order valence-corrected chi connectivity index (χ1v) is 13.7. The standard InChI is InChI=1S/C26H46N4O4/c1-2-29(22-11-7-4-8-12-22)19-23(25(27)32)28-26(33)21(17-20-9-5-3-6-10-20)18-24(31)30-13-15-34-16-14-30/h20-23H,2-19H2,1H3,(H2,27,32)(H,28,33)/t21?,23-/m0/s1. The summed E-state index contributed by atoms with van der Waals surface area (Å²) in [6, 6.07) is -0.292. The van der Waals surface area contributed by atoms with Crippen LogP contribution in [-0.2, 0) is 19.1 Å². The molecule has 3 amide bonds. The molecule has 8 heteroatoms. The lowest BCUT2D eigenvalue weighted by atomic mass is 9.81. The fourth-order valence-electron chi connectivity index (χ4n) is 5.97. The lowest BCUT2D eigenvalue weighted by Gasteiger charge is -2.36. The van der Waals surface area contributed by atoms with Gasteiger partial charge in [-0.3, -0.25) is 19.3 Å². The molecule has 3 N–H and O–H groups in total. The summed E-state index contributed by atoms with van der Waals surface area (Å²) in [6.07, 6.45) is 12.7. The molecule has 2 atom stereocenters.